The molecule has 0 atom stereocenters. The summed E-state index contributed by atoms with van der Waals surface area (Å²) in [5.74, 6) is -0.581. The van der Waals surface area contributed by atoms with Gasteiger partial charge < -0.3 is 14.6 Å². The van der Waals surface area contributed by atoms with E-state index in [-0.39, 0.29) is 29.8 Å². The van der Waals surface area contributed by atoms with Crippen LogP contribution in [-0.2, 0) is 19.6 Å². The van der Waals surface area contributed by atoms with Gasteiger partial charge in [0.25, 0.3) is 11.5 Å². The van der Waals surface area contributed by atoms with Gasteiger partial charge in [-0.05, 0) is 65.3 Å². The minimum absolute atomic E-state index is 0.0723. The van der Waals surface area contributed by atoms with Crippen molar-refractivity contribution >= 4 is 39.4 Å². The number of aromatic nitrogens is 1. The number of fused-ring (bicyclic) bond motifs is 1. The van der Waals surface area contributed by atoms with Crippen molar-refractivity contribution in [3.05, 3.63) is 73.1 Å². The maximum atomic E-state index is 13.1. The minimum Gasteiger partial charge on any atom is -0.490 e. The number of rotatable bonds is 6. The highest BCUT2D eigenvalue weighted by Crippen LogP contribution is 2.32. The first-order chi connectivity index (χ1) is 14.6. The largest absolute Gasteiger partial charge is 0.490 e. The van der Waals surface area contributed by atoms with Gasteiger partial charge in [-0.3, -0.25) is 9.59 Å². The third-order valence-corrected chi connectivity index (χ3v) is 5.65. The van der Waals surface area contributed by atoms with E-state index in [0.717, 1.165) is 9.64 Å². The van der Waals surface area contributed by atoms with Crippen LogP contribution in [0.2, 0.25) is 0 Å². The van der Waals surface area contributed by atoms with Crippen LogP contribution in [0.4, 0.5) is 13.2 Å². The number of pyridine rings is 1. The smallest absolute Gasteiger partial charge is 0.416 e. The van der Waals surface area contributed by atoms with E-state index in [0.29, 0.717) is 17.3 Å². The Bertz CT molecular complexity index is 1190. The van der Waals surface area contributed by atoms with Crippen LogP contribution in [0.3, 0.4) is 0 Å². The molecule has 3 aromatic rings. The number of benzene rings is 2. The second kappa shape index (κ2) is 9.29. The van der Waals surface area contributed by atoms with Crippen LogP contribution < -0.4 is 15.6 Å². The number of alkyl halides is 3. The van der Waals surface area contributed by atoms with Crippen molar-refractivity contribution in [2.75, 3.05) is 13.7 Å². The molecule has 1 heterocycles. The molecule has 0 spiro atoms. The standard InChI is InChI=1S/C22H20F3IN2O3/c1-28-17-10-9-14(26)12-15(17)18(19(31-2)21(28)30)20(29)27-11-5-7-13-6-3-4-8-16(13)22(23,24)25/h3-4,6,8-10,12H,5,7,11H2,1-2H3,(H,27,29). The van der Waals surface area contributed by atoms with Gasteiger partial charge in [0.15, 0.2) is 5.75 Å². The van der Waals surface area contributed by atoms with Crippen LogP contribution in [-0.4, -0.2) is 24.1 Å². The van der Waals surface area contributed by atoms with E-state index in [4.69, 9.17) is 4.74 Å². The normalized spacial score (nSPS) is 11.5. The van der Waals surface area contributed by atoms with Gasteiger partial charge in [0, 0.05) is 22.5 Å². The summed E-state index contributed by atoms with van der Waals surface area (Å²) in [7, 11) is 2.92. The lowest BCUT2D eigenvalue weighted by Crippen LogP contribution is -2.29. The molecular weight excluding hydrogens is 524 g/mol. The molecule has 1 amide bonds. The molecule has 0 aliphatic heterocycles. The number of nitrogens with zero attached hydrogens (tertiary/aromatic N) is 1. The fraction of sp³-hybridized carbons (Fsp3) is 0.273. The molecule has 2 aromatic carbocycles. The molecule has 31 heavy (non-hydrogen) atoms. The van der Waals surface area contributed by atoms with Crippen molar-refractivity contribution in [1.29, 1.82) is 0 Å². The number of nitrogens with one attached hydrogen (secondary N) is 1. The average molecular weight is 544 g/mol. The number of hydrogen-bond donors (Lipinski definition) is 1. The molecule has 0 saturated heterocycles. The second-order valence-corrected chi connectivity index (χ2v) is 8.19. The number of methoxy groups -OCH3 is 1. The molecular formula is C22H20F3IN2O3. The molecule has 0 aliphatic rings. The van der Waals surface area contributed by atoms with Crippen molar-refractivity contribution < 1.29 is 22.7 Å². The van der Waals surface area contributed by atoms with E-state index in [2.05, 4.69) is 27.9 Å². The predicted molar refractivity (Wildman–Crippen MR) is 121 cm³/mol. The Labute approximate surface area is 190 Å². The maximum absolute atomic E-state index is 13.1. The van der Waals surface area contributed by atoms with E-state index in [1.54, 1.807) is 25.2 Å². The lowest BCUT2D eigenvalue weighted by molar-refractivity contribution is -0.138. The SMILES string of the molecule is COc1c(C(=O)NCCCc2ccccc2C(F)(F)F)c2cc(I)ccc2n(C)c1=O. The molecule has 0 aliphatic carbocycles. The van der Waals surface area contributed by atoms with E-state index < -0.39 is 23.2 Å². The van der Waals surface area contributed by atoms with Gasteiger partial charge in [0.2, 0.25) is 0 Å². The summed E-state index contributed by atoms with van der Waals surface area (Å²) < 4.78 is 46.9. The average Bonchev–Trinajstić information content (AvgIpc) is 2.72. The molecule has 5 nitrogen and oxygen atoms in total. The van der Waals surface area contributed by atoms with Crippen LogP contribution in [0.5, 0.6) is 5.75 Å². The molecule has 0 bridgehead atoms. The van der Waals surface area contributed by atoms with Crippen molar-refractivity contribution in [3.8, 4) is 5.75 Å². The van der Waals surface area contributed by atoms with Crippen LogP contribution in [0.15, 0.2) is 47.3 Å². The Morgan fingerprint density at radius 1 is 1.19 bits per heavy atom. The first-order valence-corrected chi connectivity index (χ1v) is 10.5. The Morgan fingerprint density at radius 3 is 2.58 bits per heavy atom. The Balaban J connectivity index is 1.82. The van der Waals surface area contributed by atoms with Crippen LogP contribution in [0.25, 0.3) is 10.9 Å². The van der Waals surface area contributed by atoms with Crippen molar-refractivity contribution in [1.82, 2.24) is 9.88 Å². The number of hydrogen-bond acceptors (Lipinski definition) is 3. The number of amides is 1. The lowest BCUT2D eigenvalue weighted by atomic mass is 10.0. The first kappa shape index (κ1) is 23.1. The highest BCUT2D eigenvalue weighted by atomic mass is 127. The lowest BCUT2D eigenvalue weighted by Gasteiger charge is -2.15. The maximum Gasteiger partial charge on any atom is 0.416 e. The number of carbonyl (C=O) groups is 1. The van der Waals surface area contributed by atoms with E-state index in [9.17, 15) is 22.8 Å². The summed E-state index contributed by atoms with van der Waals surface area (Å²) in [4.78, 5) is 25.5. The minimum atomic E-state index is -4.42. The van der Waals surface area contributed by atoms with Gasteiger partial charge in [-0.1, -0.05) is 18.2 Å². The second-order valence-electron chi connectivity index (χ2n) is 6.95. The van der Waals surface area contributed by atoms with Crippen molar-refractivity contribution in [3.63, 3.8) is 0 Å². The van der Waals surface area contributed by atoms with Gasteiger partial charge in [0.1, 0.15) is 0 Å². The summed E-state index contributed by atoms with van der Waals surface area (Å²) in [5, 5.41) is 3.27. The number of ether oxygens (including phenoxy) is 1. The molecule has 0 unspecified atom stereocenters. The fourth-order valence-corrected chi connectivity index (χ4v) is 3.98. The van der Waals surface area contributed by atoms with Gasteiger partial charge in [0.05, 0.1) is 23.8 Å². The summed E-state index contributed by atoms with van der Waals surface area (Å²) in [6.07, 6.45) is -3.96. The Hall–Kier alpha value is -2.56. The molecule has 1 aromatic heterocycles. The van der Waals surface area contributed by atoms with E-state index in [1.165, 1.54) is 23.8 Å². The molecule has 3 rings (SSSR count). The Morgan fingerprint density at radius 2 is 1.90 bits per heavy atom. The summed E-state index contributed by atoms with van der Waals surface area (Å²) >= 11 is 2.11. The number of carbonyl (C=O) groups excluding carboxylic acids is 1. The highest BCUT2D eigenvalue weighted by molar-refractivity contribution is 14.1. The van der Waals surface area contributed by atoms with Gasteiger partial charge in [-0.15, -0.1) is 0 Å². The van der Waals surface area contributed by atoms with Crippen LogP contribution >= 0.6 is 22.6 Å². The van der Waals surface area contributed by atoms with Crippen molar-refractivity contribution in [2.45, 2.75) is 19.0 Å². The Kier molecular flexibility index (Phi) is 6.93. The zero-order valence-electron chi connectivity index (χ0n) is 16.8. The monoisotopic (exact) mass is 544 g/mol. The third kappa shape index (κ3) is 4.86. The fourth-order valence-electron chi connectivity index (χ4n) is 3.49. The molecule has 9 heteroatoms. The van der Waals surface area contributed by atoms with Gasteiger partial charge in [-0.25, -0.2) is 0 Å². The zero-order chi connectivity index (χ0) is 22.8. The van der Waals surface area contributed by atoms with E-state index in [1.807, 2.05) is 6.07 Å². The molecule has 0 radical (unpaired) electrons. The molecule has 0 fully saturated rings. The van der Waals surface area contributed by atoms with Gasteiger partial charge >= 0.3 is 6.18 Å². The predicted octanol–water partition coefficient (Wildman–Crippen LogP) is 4.53. The van der Waals surface area contributed by atoms with Crippen LogP contribution in [0.1, 0.15) is 27.9 Å². The molecule has 0 saturated carbocycles. The molecule has 1 N–H and O–H groups in total. The number of halogens is 4. The van der Waals surface area contributed by atoms with E-state index >= 15 is 0 Å². The van der Waals surface area contributed by atoms with Crippen molar-refractivity contribution in [2.24, 2.45) is 7.05 Å². The summed E-state index contributed by atoms with van der Waals surface area (Å²) in [6, 6.07) is 10.8. The first-order valence-electron chi connectivity index (χ1n) is 9.44. The summed E-state index contributed by atoms with van der Waals surface area (Å²) in [5.41, 5.74) is -0.240. The molecule has 164 valence electrons. The number of aryl methyl sites for hydroxylation is 2. The zero-order valence-corrected chi connectivity index (χ0v) is 19.0. The highest BCUT2D eigenvalue weighted by Gasteiger charge is 2.32. The van der Waals surface area contributed by atoms with Crippen LogP contribution in [0, 0.1) is 3.57 Å². The quantitative estimate of drug-likeness (QED) is 0.367. The summed E-state index contributed by atoms with van der Waals surface area (Å²) in [6.45, 7) is 0.148. The topological polar surface area (TPSA) is 60.3 Å². The van der Waals surface area contributed by atoms with Gasteiger partial charge in [-0.2, -0.15) is 13.2 Å². The third-order valence-electron chi connectivity index (χ3n) is 4.98.